The van der Waals surface area contributed by atoms with E-state index < -0.39 is 0 Å². The number of rotatable bonds is 9. The lowest BCUT2D eigenvalue weighted by Crippen LogP contribution is -2.40. The van der Waals surface area contributed by atoms with Gasteiger partial charge < -0.3 is 20.5 Å². The molecule has 0 aliphatic carbocycles. The van der Waals surface area contributed by atoms with Crippen molar-refractivity contribution in [2.75, 3.05) is 26.7 Å². The molecule has 9 heteroatoms. The second-order valence-corrected chi connectivity index (χ2v) is 6.76. The first-order valence-corrected chi connectivity index (χ1v) is 9.78. The van der Waals surface area contributed by atoms with Gasteiger partial charge in [0, 0.05) is 49.7 Å². The van der Waals surface area contributed by atoms with E-state index in [2.05, 4.69) is 54.0 Å². The lowest BCUT2D eigenvalue weighted by Gasteiger charge is -2.13. The molecule has 8 nitrogen and oxygen atoms in total. The molecule has 1 aromatic heterocycles. The number of hydrogen-bond donors (Lipinski definition) is 3. The highest BCUT2D eigenvalue weighted by Crippen LogP contribution is 2.11. The fraction of sp³-hybridized carbons (Fsp3) is 0.444. The van der Waals surface area contributed by atoms with Crippen molar-refractivity contribution >= 4 is 27.8 Å². The smallest absolute Gasteiger partial charge is 0.251 e. The van der Waals surface area contributed by atoms with Crippen LogP contribution in [0.25, 0.3) is 0 Å². The van der Waals surface area contributed by atoms with Gasteiger partial charge in [-0.2, -0.15) is 0 Å². The van der Waals surface area contributed by atoms with Crippen LogP contribution in [0.5, 0.6) is 0 Å². The first-order chi connectivity index (χ1) is 13.1. The molecule has 2 rings (SSSR count). The van der Waals surface area contributed by atoms with Gasteiger partial charge in [0.2, 0.25) is 0 Å². The molecule has 0 saturated carbocycles. The predicted molar refractivity (Wildman–Crippen MR) is 110 cm³/mol. The number of nitrogens with one attached hydrogen (secondary N) is 3. The minimum atomic E-state index is -0.0699. The zero-order valence-corrected chi connectivity index (χ0v) is 17.3. The van der Waals surface area contributed by atoms with Crippen LogP contribution in [0.3, 0.4) is 0 Å². The molecule has 146 valence electrons. The van der Waals surface area contributed by atoms with Crippen molar-refractivity contribution in [3.8, 4) is 0 Å². The first kappa shape index (κ1) is 20.9. The molecule has 2 aromatic rings. The Morgan fingerprint density at radius 1 is 1.22 bits per heavy atom. The van der Waals surface area contributed by atoms with Crippen LogP contribution < -0.4 is 16.0 Å². The number of hydrogen-bond acceptors (Lipinski definition) is 4. The molecule has 0 radical (unpaired) electrons. The summed E-state index contributed by atoms with van der Waals surface area (Å²) in [4.78, 5) is 16.3. The topological polar surface area (TPSA) is 96.2 Å². The van der Waals surface area contributed by atoms with E-state index in [1.165, 1.54) is 0 Å². The molecule has 0 fully saturated rings. The molecule has 1 aromatic carbocycles. The van der Waals surface area contributed by atoms with Gasteiger partial charge in [-0.05, 0) is 24.6 Å². The summed E-state index contributed by atoms with van der Waals surface area (Å²) in [5.41, 5.74) is 0.648. The SMILES string of the molecule is CCc1nncn1CCNC(=NC)NCCCNC(=O)c1cccc(Br)c1. The molecule has 0 saturated heterocycles. The van der Waals surface area contributed by atoms with Gasteiger partial charge in [0.1, 0.15) is 12.2 Å². The third-order valence-electron chi connectivity index (χ3n) is 3.90. The number of aromatic nitrogens is 3. The van der Waals surface area contributed by atoms with Gasteiger partial charge in [0.15, 0.2) is 5.96 Å². The minimum absolute atomic E-state index is 0.0699. The Morgan fingerprint density at radius 2 is 2.00 bits per heavy atom. The standard InChI is InChI=1S/C18H26BrN7O/c1-3-16-25-24-13-26(16)11-10-23-18(20-2)22-9-5-8-21-17(27)14-6-4-7-15(19)12-14/h4,6-7,12-13H,3,5,8-11H2,1-2H3,(H,21,27)(H2,20,22,23). The number of guanidine groups is 1. The Bertz CT molecular complexity index is 760. The Morgan fingerprint density at radius 3 is 2.74 bits per heavy atom. The number of aliphatic imine (C=N–C) groups is 1. The number of carbonyl (C=O) groups is 1. The maximum Gasteiger partial charge on any atom is 0.251 e. The Labute approximate surface area is 168 Å². The van der Waals surface area contributed by atoms with E-state index in [1.807, 2.05) is 16.7 Å². The summed E-state index contributed by atoms with van der Waals surface area (Å²) < 4.78 is 2.92. The highest BCUT2D eigenvalue weighted by Gasteiger charge is 2.05. The average molecular weight is 436 g/mol. The van der Waals surface area contributed by atoms with E-state index in [4.69, 9.17) is 0 Å². The van der Waals surface area contributed by atoms with Gasteiger partial charge >= 0.3 is 0 Å². The highest BCUT2D eigenvalue weighted by molar-refractivity contribution is 9.10. The second kappa shape index (κ2) is 11.3. The van der Waals surface area contributed by atoms with Crippen LogP contribution in [-0.4, -0.2) is 53.3 Å². The Kier molecular flexibility index (Phi) is 8.76. The Balaban J connectivity index is 1.61. The maximum absolute atomic E-state index is 12.1. The Hall–Kier alpha value is -2.42. The van der Waals surface area contributed by atoms with Crippen LogP contribution in [0, 0.1) is 0 Å². The molecular formula is C18H26BrN7O. The van der Waals surface area contributed by atoms with E-state index in [0.717, 1.165) is 42.2 Å². The number of carbonyl (C=O) groups excluding carboxylic acids is 1. The van der Waals surface area contributed by atoms with Crippen molar-refractivity contribution in [2.24, 2.45) is 4.99 Å². The molecule has 0 aliphatic rings. The van der Waals surface area contributed by atoms with Gasteiger partial charge in [-0.3, -0.25) is 9.79 Å². The quantitative estimate of drug-likeness (QED) is 0.315. The maximum atomic E-state index is 12.1. The van der Waals surface area contributed by atoms with Crippen molar-refractivity contribution in [1.82, 2.24) is 30.7 Å². The normalized spacial score (nSPS) is 11.3. The van der Waals surface area contributed by atoms with E-state index in [0.29, 0.717) is 18.7 Å². The summed E-state index contributed by atoms with van der Waals surface area (Å²) in [5, 5.41) is 17.4. The van der Waals surface area contributed by atoms with Crippen LogP contribution in [0.15, 0.2) is 40.1 Å². The number of benzene rings is 1. The minimum Gasteiger partial charge on any atom is -0.356 e. The molecular weight excluding hydrogens is 410 g/mol. The third kappa shape index (κ3) is 7.01. The zero-order valence-electron chi connectivity index (χ0n) is 15.7. The molecule has 0 spiro atoms. The molecule has 3 N–H and O–H groups in total. The highest BCUT2D eigenvalue weighted by atomic mass is 79.9. The van der Waals surface area contributed by atoms with E-state index in [9.17, 15) is 4.79 Å². The number of halogens is 1. The van der Waals surface area contributed by atoms with Gasteiger partial charge in [-0.15, -0.1) is 10.2 Å². The first-order valence-electron chi connectivity index (χ1n) is 8.99. The van der Waals surface area contributed by atoms with Gasteiger partial charge in [-0.25, -0.2) is 0 Å². The van der Waals surface area contributed by atoms with E-state index >= 15 is 0 Å². The number of amides is 1. The van der Waals surface area contributed by atoms with Crippen molar-refractivity contribution in [3.05, 3.63) is 46.5 Å². The average Bonchev–Trinajstić information content (AvgIpc) is 3.13. The largest absolute Gasteiger partial charge is 0.356 e. The van der Waals surface area contributed by atoms with Gasteiger partial charge in [0.05, 0.1) is 0 Å². The molecule has 0 bridgehead atoms. The fourth-order valence-corrected chi connectivity index (χ4v) is 2.88. The predicted octanol–water partition coefficient (Wildman–Crippen LogP) is 1.59. The number of nitrogens with zero attached hydrogens (tertiary/aromatic N) is 4. The summed E-state index contributed by atoms with van der Waals surface area (Å²) >= 11 is 3.37. The molecule has 0 aliphatic heterocycles. The summed E-state index contributed by atoms with van der Waals surface area (Å²) in [7, 11) is 1.74. The molecule has 0 unspecified atom stereocenters. The van der Waals surface area contributed by atoms with Crippen molar-refractivity contribution in [1.29, 1.82) is 0 Å². The lowest BCUT2D eigenvalue weighted by atomic mass is 10.2. The molecule has 1 heterocycles. The fourth-order valence-electron chi connectivity index (χ4n) is 2.48. The monoisotopic (exact) mass is 435 g/mol. The van der Waals surface area contributed by atoms with Crippen LogP contribution >= 0.6 is 15.9 Å². The summed E-state index contributed by atoms with van der Waals surface area (Å²) in [6, 6.07) is 7.34. The molecule has 27 heavy (non-hydrogen) atoms. The third-order valence-corrected chi connectivity index (χ3v) is 4.39. The molecule has 1 amide bonds. The van der Waals surface area contributed by atoms with Crippen molar-refractivity contribution < 1.29 is 4.79 Å². The number of aryl methyl sites for hydroxylation is 1. The zero-order chi connectivity index (χ0) is 19.5. The van der Waals surface area contributed by atoms with Gasteiger partial charge in [-0.1, -0.05) is 28.9 Å². The van der Waals surface area contributed by atoms with Crippen molar-refractivity contribution in [3.63, 3.8) is 0 Å². The summed E-state index contributed by atoms with van der Waals surface area (Å²) in [6.07, 6.45) is 3.40. The van der Waals surface area contributed by atoms with Crippen LogP contribution in [0.1, 0.15) is 29.5 Å². The van der Waals surface area contributed by atoms with E-state index in [1.54, 1.807) is 25.5 Å². The van der Waals surface area contributed by atoms with Crippen LogP contribution in [0.4, 0.5) is 0 Å². The van der Waals surface area contributed by atoms with Crippen LogP contribution in [0.2, 0.25) is 0 Å². The second-order valence-electron chi connectivity index (χ2n) is 5.84. The van der Waals surface area contributed by atoms with E-state index in [-0.39, 0.29) is 5.91 Å². The summed E-state index contributed by atoms with van der Waals surface area (Å²) in [5.74, 6) is 1.64. The van der Waals surface area contributed by atoms with Gasteiger partial charge in [0.25, 0.3) is 5.91 Å². The van der Waals surface area contributed by atoms with Crippen LogP contribution in [-0.2, 0) is 13.0 Å². The molecule has 0 atom stereocenters. The summed E-state index contributed by atoms with van der Waals surface area (Å²) in [6.45, 7) is 4.87. The lowest BCUT2D eigenvalue weighted by molar-refractivity contribution is 0.0953. The van der Waals surface area contributed by atoms with Crippen molar-refractivity contribution in [2.45, 2.75) is 26.3 Å².